The summed E-state index contributed by atoms with van der Waals surface area (Å²) in [5.41, 5.74) is 0.920. The van der Waals surface area contributed by atoms with Gasteiger partial charge in [0.2, 0.25) is 0 Å². The lowest BCUT2D eigenvalue weighted by Crippen LogP contribution is -2.54. The third kappa shape index (κ3) is 5.14. The van der Waals surface area contributed by atoms with E-state index in [-0.39, 0.29) is 33.9 Å². The number of rotatable bonds is 6. The number of phenolic OH excluding ortho intramolecular Hbond substituents is 1. The highest BCUT2D eigenvalue weighted by Gasteiger charge is 2.34. The highest BCUT2D eigenvalue weighted by molar-refractivity contribution is 6.35. The fourth-order valence-corrected chi connectivity index (χ4v) is 7.40. The molecular weight excluding hydrogens is 553 g/mol. The number of hydrogen-bond acceptors (Lipinski definition) is 7. The summed E-state index contributed by atoms with van der Waals surface area (Å²) in [6.45, 7) is 6.19. The van der Waals surface area contributed by atoms with Gasteiger partial charge in [-0.1, -0.05) is 42.3 Å². The molecule has 4 aromatic rings. The summed E-state index contributed by atoms with van der Waals surface area (Å²) < 4.78 is 23.0. The maximum Gasteiger partial charge on any atom is 0.319 e. The van der Waals surface area contributed by atoms with Crippen LogP contribution in [0, 0.1) is 5.82 Å². The van der Waals surface area contributed by atoms with Crippen molar-refractivity contribution in [3.05, 3.63) is 53.3 Å². The maximum absolute atomic E-state index is 16.8. The van der Waals surface area contributed by atoms with Crippen molar-refractivity contribution >= 4 is 39.1 Å². The van der Waals surface area contributed by atoms with Crippen molar-refractivity contribution in [3.8, 4) is 22.9 Å². The van der Waals surface area contributed by atoms with Crippen molar-refractivity contribution in [3.63, 3.8) is 0 Å². The lowest BCUT2D eigenvalue weighted by molar-refractivity contribution is 0.130. The first-order valence-electron chi connectivity index (χ1n) is 15.2. The van der Waals surface area contributed by atoms with Gasteiger partial charge in [0.05, 0.1) is 5.02 Å². The van der Waals surface area contributed by atoms with Crippen LogP contribution in [0.5, 0.6) is 11.8 Å². The number of piperidine rings is 1. The third-order valence-electron chi connectivity index (χ3n) is 9.37. The Morgan fingerprint density at radius 1 is 1.07 bits per heavy atom. The number of hydrogen-bond donors (Lipinski definition) is 2. The number of benzene rings is 3. The van der Waals surface area contributed by atoms with Crippen LogP contribution in [-0.4, -0.2) is 70.9 Å². The summed E-state index contributed by atoms with van der Waals surface area (Å²) >= 11 is 6.90. The maximum atomic E-state index is 16.8. The zero-order valence-corrected chi connectivity index (χ0v) is 24.7. The highest BCUT2D eigenvalue weighted by atomic mass is 35.5. The zero-order chi connectivity index (χ0) is 28.8. The molecule has 220 valence electrons. The van der Waals surface area contributed by atoms with E-state index in [1.165, 1.54) is 19.3 Å². The molecule has 4 fully saturated rings. The molecule has 2 unspecified atom stereocenters. The first kappa shape index (κ1) is 27.6. The lowest BCUT2D eigenvalue weighted by Gasteiger charge is -2.39. The predicted molar refractivity (Wildman–Crippen MR) is 166 cm³/mol. The van der Waals surface area contributed by atoms with Crippen LogP contribution >= 0.6 is 11.6 Å². The lowest BCUT2D eigenvalue weighted by atomic mass is 9.96. The summed E-state index contributed by atoms with van der Waals surface area (Å²) in [7, 11) is 0. The van der Waals surface area contributed by atoms with Crippen LogP contribution in [0.3, 0.4) is 0 Å². The van der Waals surface area contributed by atoms with Crippen molar-refractivity contribution in [2.24, 2.45) is 0 Å². The second-order valence-electron chi connectivity index (χ2n) is 12.1. The van der Waals surface area contributed by atoms with E-state index in [4.69, 9.17) is 21.3 Å². The van der Waals surface area contributed by atoms with Crippen LogP contribution in [0.1, 0.15) is 45.4 Å². The molecule has 0 aliphatic carbocycles. The number of likely N-dealkylation sites (tertiary alicyclic amines) is 1. The molecule has 42 heavy (non-hydrogen) atoms. The number of halogens is 2. The Hall–Kier alpha value is -3.20. The normalized spacial score (nSPS) is 23.0. The van der Waals surface area contributed by atoms with Crippen LogP contribution in [0.25, 0.3) is 32.8 Å². The van der Waals surface area contributed by atoms with Gasteiger partial charge in [0.15, 0.2) is 5.82 Å². The summed E-state index contributed by atoms with van der Waals surface area (Å²) in [5, 5.41) is 16.6. The molecule has 2 bridgehead atoms. The molecule has 4 aliphatic rings. The van der Waals surface area contributed by atoms with Gasteiger partial charge in [-0.2, -0.15) is 9.97 Å². The van der Waals surface area contributed by atoms with E-state index in [1.807, 2.05) is 24.3 Å². The molecular formula is C33H37ClFN5O2. The van der Waals surface area contributed by atoms with Crippen molar-refractivity contribution in [2.45, 2.75) is 63.6 Å². The summed E-state index contributed by atoms with van der Waals surface area (Å²) in [6.07, 6.45) is 6.95. The van der Waals surface area contributed by atoms with Crippen molar-refractivity contribution < 1.29 is 14.2 Å². The van der Waals surface area contributed by atoms with Crippen LogP contribution < -0.4 is 15.0 Å². The number of fused-ring (bicyclic) bond motifs is 6. The topological polar surface area (TPSA) is 73.8 Å². The molecule has 1 aromatic heterocycles. The number of anilines is 1. The highest BCUT2D eigenvalue weighted by Crippen LogP contribution is 2.43. The fourth-order valence-electron chi connectivity index (χ4n) is 7.11. The predicted octanol–water partition coefficient (Wildman–Crippen LogP) is 6.53. The second kappa shape index (κ2) is 11.5. The number of ether oxygens (including phenoxy) is 1. The summed E-state index contributed by atoms with van der Waals surface area (Å²) in [6, 6.07) is 13.9. The smallest absolute Gasteiger partial charge is 0.319 e. The van der Waals surface area contributed by atoms with Crippen LogP contribution in [0.2, 0.25) is 5.02 Å². The van der Waals surface area contributed by atoms with E-state index in [0.29, 0.717) is 35.5 Å². The van der Waals surface area contributed by atoms with E-state index in [9.17, 15) is 5.11 Å². The molecule has 0 amide bonds. The molecule has 9 heteroatoms. The molecule has 8 rings (SSSR count). The Kier molecular flexibility index (Phi) is 7.54. The van der Waals surface area contributed by atoms with Crippen LogP contribution in [0.4, 0.5) is 10.2 Å². The Bertz CT molecular complexity index is 1630. The number of phenols is 1. The first-order chi connectivity index (χ1) is 20.5. The minimum Gasteiger partial charge on any atom is -0.508 e. The van der Waals surface area contributed by atoms with E-state index in [2.05, 4.69) is 27.0 Å². The van der Waals surface area contributed by atoms with Gasteiger partial charge in [-0.15, -0.1) is 0 Å². The van der Waals surface area contributed by atoms with Crippen molar-refractivity contribution in [2.75, 3.05) is 37.7 Å². The first-order valence-corrected chi connectivity index (χ1v) is 15.6. The summed E-state index contributed by atoms with van der Waals surface area (Å²) in [4.78, 5) is 14.3. The zero-order valence-electron chi connectivity index (χ0n) is 24.0. The monoisotopic (exact) mass is 589 g/mol. The van der Waals surface area contributed by atoms with Gasteiger partial charge in [0.1, 0.15) is 23.7 Å². The molecule has 2 N–H and O–H groups in total. The number of nitrogens with zero attached hydrogens (tertiary/aromatic N) is 4. The third-order valence-corrected chi connectivity index (χ3v) is 9.67. The molecule has 0 radical (unpaired) electrons. The van der Waals surface area contributed by atoms with Gasteiger partial charge >= 0.3 is 6.01 Å². The van der Waals surface area contributed by atoms with Gasteiger partial charge in [0.25, 0.3) is 0 Å². The average Bonchev–Trinajstić information content (AvgIpc) is 3.34. The average molecular weight is 590 g/mol. The molecule has 5 heterocycles. The van der Waals surface area contributed by atoms with Crippen LogP contribution in [-0.2, 0) is 0 Å². The Morgan fingerprint density at radius 3 is 2.83 bits per heavy atom. The Morgan fingerprint density at radius 2 is 1.95 bits per heavy atom. The molecule has 4 aliphatic heterocycles. The number of aromatic hydroxyl groups is 1. The van der Waals surface area contributed by atoms with Crippen molar-refractivity contribution in [1.82, 2.24) is 20.2 Å². The van der Waals surface area contributed by atoms with E-state index >= 15 is 4.39 Å². The van der Waals surface area contributed by atoms with E-state index in [1.54, 1.807) is 18.2 Å². The number of aromatic nitrogens is 2. The minimum absolute atomic E-state index is 0.0479. The second-order valence-corrected chi connectivity index (χ2v) is 12.5. The molecule has 3 aromatic carbocycles. The fraction of sp³-hybridized carbons (Fsp3) is 0.455. The van der Waals surface area contributed by atoms with Crippen molar-refractivity contribution in [1.29, 1.82) is 0 Å². The largest absolute Gasteiger partial charge is 0.508 e. The van der Waals surface area contributed by atoms with Gasteiger partial charge in [-0.05, 0) is 80.1 Å². The standard InChI is InChI=1S/C33H37ClFN5O2/c1-20-7-4-5-12-39(20)13-14-42-33-37-31-27(32(38-33)40-19-22-9-6-10-23(40)18-36-22)17-28(34)29(30(31)35)26-16-24(41)15-21-8-2-3-11-25(21)26/h2-3,8,11,15-17,20,22-23,36,41H,4-7,9-10,12-14,18-19H2,1H3/t20-,22?,23?/m0/s1. The minimum atomic E-state index is -0.537. The van der Waals surface area contributed by atoms with Gasteiger partial charge in [-0.25, -0.2) is 4.39 Å². The molecule has 0 spiro atoms. The number of piperazine rings is 1. The summed E-state index contributed by atoms with van der Waals surface area (Å²) in [5.74, 6) is 0.184. The van der Waals surface area contributed by atoms with E-state index in [0.717, 1.165) is 56.2 Å². The molecule has 0 saturated carbocycles. The molecule has 7 nitrogen and oxygen atoms in total. The quantitative estimate of drug-likeness (QED) is 0.265. The number of nitrogens with one attached hydrogen (secondary N) is 1. The Balaban J connectivity index is 1.34. The van der Waals surface area contributed by atoms with E-state index < -0.39 is 5.82 Å². The Labute approximate surface area is 250 Å². The SMILES string of the molecule is C[C@H]1CCCCN1CCOc1nc(N2CC3CCCC2CN3)c2cc(Cl)c(-c3cc(O)cc4ccccc34)c(F)c2n1. The molecule has 3 atom stereocenters. The van der Waals surface area contributed by atoms with Gasteiger partial charge in [-0.3, -0.25) is 4.90 Å². The van der Waals surface area contributed by atoms with Gasteiger partial charge < -0.3 is 20.1 Å². The molecule has 4 saturated heterocycles. The van der Waals surface area contributed by atoms with Crippen LogP contribution in [0.15, 0.2) is 42.5 Å². The van der Waals surface area contributed by atoms with Gasteiger partial charge in [0, 0.05) is 48.7 Å².